The second-order valence-electron chi connectivity index (χ2n) is 7.02. The van der Waals surface area contributed by atoms with Gasteiger partial charge in [0.2, 0.25) is 11.8 Å². The molecule has 0 aromatic rings. The van der Waals surface area contributed by atoms with Gasteiger partial charge in [0.05, 0.1) is 0 Å². The molecule has 2 saturated heterocycles. The second-order valence-corrected chi connectivity index (χ2v) is 7.02. The molecule has 6 heteroatoms. The smallest absolute Gasteiger partial charge is 0.225 e. The number of nitrogens with one attached hydrogen (secondary N) is 2. The minimum absolute atomic E-state index is 0. The van der Waals surface area contributed by atoms with E-state index in [1.165, 1.54) is 12.8 Å². The summed E-state index contributed by atoms with van der Waals surface area (Å²) in [7, 11) is 0. The molecule has 0 aromatic heterocycles. The van der Waals surface area contributed by atoms with Crippen LogP contribution in [0.5, 0.6) is 0 Å². The first-order chi connectivity index (χ1) is 9.36. The molecule has 122 valence electrons. The van der Waals surface area contributed by atoms with Crippen LogP contribution in [0.15, 0.2) is 0 Å². The van der Waals surface area contributed by atoms with Crippen LogP contribution in [0.1, 0.15) is 46.5 Å². The van der Waals surface area contributed by atoms with Gasteiger partial charge in [0, 0.05) is 43.6 Å². The molecule has 2 unspecified atom stereocenters. The molecule has 2 bridgehead atoms. The van der Waals surface area contributed by atoms with Crippen molar-refractivity contribution >= 4 is 24.2 Å². The zero-order chi connectivity index (χ0) is 14.8. The predicted octanol–water partition coefficient (Wildman–Crippen LogP) is 1.31. The maximum absolute atomic E-state index is 12.2. The Balaban J connectivity index is 0.00000220. The van der Waals surface area contributed by atoms with Crippen LogP contribution in [0.25, 0.3) is 0 Å². The van der Waals surface area contributed by atoms with Crippen LogP contribution in [0.2, 0.25) is 0 Å². The van der Waals surface area contributed by atoms with Crippen LogP contribution in [0, 0.1) is 5.41 Å². The van der Waals surface area contributed by atoms with Crippen molar-refractivity contribution in [3.8, 4) is 0 Å². The number of amides is 2. The fourth-order valence-electron chi connectivity index (χ4n) is 2.88. The van der Waals surface area contributed by atoms with Gasteiger partial charge in [-0.25, -0.2) is 0 Å². The highest BCUT2D eigenvalue weighted by atomic mass is 35.5. The van der Waals surface area contributed by atoms with Gasteiger partial charge in [0.1, 0.15) is 0 Å². The molecule has 2 amide bonds. The highest BCUT2D eigenvalue weighted by Crippen LogP contribution is 2.20. The number of rotatable bonds is 3. The number of carbonyl (C=O) groups is 2. The van der Waals surface area contributed by atoms with Crippen molar-refractivity contribution in [3.63, 3.8) is 0 Å². The average Bonchev–Trinajstić information content (AvgIpc) is 2.67. The Morgan fingerprint density at radius 1 is 1.19 bits per heavy atom. The highest BCUT2D eigenvalue weighted by Gasteiger charge is 2.31. The molecule has 2 aliphatic heterocycles. The van der Waals surface area contributed by atoms with E-state index in [9.17, 15) is 9.59 Å². The molecule has 2 heterocycles. The maximum atomic E-state index is 12.2. The number of halogens is 1. The third-order valence-corrected chi connectivity index (χ3v) is 4.18. The Morgan fingerprint density at radius 2 is 1.86 bits per heavy atom. The lowest BCUT2D eigenvalue weighted by molar-refractivity contribution is -0.132. The monoisotopic (exact) mass is 317 g/mol. The number of hydrogen-bond donors (Lipinski definition) is 2. The Labute approximate surface area is 133 Å². The Hall–Kier alpha value is -0.810. The first kappa shape index (κ1) is 18.2. The minimum atomic E-state index is -0.394. The van der Waals surface area contributed by atoms with Crippen LogP contribution in [-0.4, -0.2) is 48.4 Å². The predicted molar refractivity (Wildman–Crippen MR) is 85.5 cm³/mol. The molecule has 2 atom stereocenters. The molecular weight excluding hydrogens is 290 g/mol. The quantitative estimate of drug-likeness (QED) is 0.825. The molecule has 2 aliphatic rings. The normalized spacial score (nSPS) is 25.0. The van der Waals surface area contributed by atoms with Crippen LogP contribution >= 0.6 is 12.4 Å². The van der Waals surface area contributed by atoms with E-state index in [-0.39, 0.29) is 24.2 Å². The van der Waals surface area contributed by atoms with Gasteiger partial charge < -0.3 is 15.5 Å². The summed E-state index contributed by atoms with van der Waals surface area (Å²) in [6.07, 6.45) is 3.87. The highest BCUT2D eigenvalue weighted by molar-refractivity contribution is 5.85. The van der Waals surface area contributed by atoms with Crippen molar-refractivity contribution in [2.24, 2.45) is 5.41 Å². The zero-order valence-corrected chi connectivity index (χ0v) is 14.1. The van der Waals surface area contributed by atoms with Crippen LogP contribution < -0.4 is 10.6 Å². The number of hydrogen-bond acceptors (Lipinski definition) is 3. The molecule has 2 rings (SSSR count). The van der Waals surface area contributed by atoms with E-state index in [4.69, 9.17) is 0 Å². The summed E-state index contributed by atoms with van der Waals surface area (Å²) in [5.41, 5.74) is -0.394. The van der Waals surface area contributed by atoms with Crippen molar-refractivity contribution in [1.82, 2.24) is 15.5 Å². The lowest BCUT2D eigenvalue weighted by Crippen LogP contribution is -2.41. The number of likely N-dealkylation sites (tertiary alicyclic amines) is 1. The fraction of sp³-hybridized carbons (Fsp3) is 0.867. The molecule has 2 N–H and O–H groups in total. The van der Waals surface area contributed by atoms with E-state index < -0.39 is 5.41 Å². The van der Waals surface area contributed by atoms with Crippen molar-refractivity contribution < 1.29 is 9.59 Å². The first-order valence-electron chi connectivity index (χ1n) is 7.68. The van der Waals surface area contributed by atoms with Gasteiger partial charge in [-0.05, 0) is 19.3 Å². The van der Waals surface area contributed by atoms with Gasteiger partial charge in [-0.1, -0.05) is 20.8 Å². The number of carbonyl (C=O) groups excluding carboxylic acids is 2. The standard InChI is InChI=1S/C15H27N3O2.ClH/c1-15(2,3)14(20)16-8-6-13(19)18-9-7-11-4-5-12(10-18)17-11;/h11-12,17H,4-10H2,1-3H3,(H,16,20);1H. The first-order valence-corrected chi connectivity index (χ1v) is 7.68. The minimum Gasteiger partial charge on any atom is -0.355 e. The van der Waals surface area contributed by atoms with Crippen molar-refractivity contribution in [2.45, 2.75) is 58.5 Å². The van der Waals surface area contributed by atoms with Gasteiger partial charge >= 0.3 is 0 Å². The number of fused-ring (bicyclic) bond motifs is 2. The van der Waals surface area contributed by atoms with Gasteiger partial charge in [-0.15, -0.1) is 12.4 Å². The van der Waals surface area contributed by atoms with Gasteiger partial charge in [0.15, 0.2) is 0 Å². The topological polar surface area (TPSA) is 61.4 Å². The van der Waals surface area contributed by atoms with E-state index in [0.717, 1.165) is 19.5 Å². The van der Waals surface area contributed by atoms with E-state index in [1.807, 2.05) is 25.7 Å². The largest absolute Gasteiger partial charge is 0.355 e. The molecule has 0 saturated carbocycles. The lowest BCUT2D eigenvalue weighted by atomic mass is 9.96. The van der Waals surface area contributed by atoms with Gasteiger partial charge in [-0.2, -0.15) is 0 Å². The molecule has 0 aromatic carbocycles. The summed E-state index contributed by atoms with van der Waals surface area (Å²) < 4.78 is 0. The van der Waals surface area contributed by atoms with E-state index in [1.54, 1.807) is 0 Å². The van der Waals surface area contributed by atoms with Crippen LogP contribution in [0.3, 0.4) is 0 Å². The molecule has 5 nitrogen and oxygen atoms in total. The summed E-state index contributed by atoms with van der Waals surface area (Å²) in [5.74, 6) is 0.162. The lowest BCUT2D eigenvalue weighted by Gasteiger charge is -2.25. The Kier molecular flexibility index (Phi) is 6.47. The van der Waals surface area contributed by atoms with E-state index in [2.05, 4.69) is 10.6 Å². The summed E-state index contributed by atoms with van der Waals surface area (Å²) in [6, 6.07) is 1.06. The van der Waals surface area contributed by atoms with Gasteiger partial charge in [0.25, 0.3) is 0 Å². The fourth-order valence-corrected chi connectivity index (χ4v) is 2.88. The third kappa shape index (κ3) is 5.15. The van der Waals surface area contributed by atoms with E-state index >= 15 is 0 Å². The van der Waals surface area contributed by atoms with Crippen molar-refractivity contribution in [3.05, 3.63) is 0 Å². The summed E-state index contributed by atoms with van der Waals surface area (Å²) in [4.78, 5) is 25.9. The summed E-state index contributed by atoms with van der Waals surface area (Å²) >= 11 is 0. The second kappa shape index (κ2) is 7.45. The molecule has 21 heavy (non-hydrogen) atoms. The number of nitrogens with zero attached hydrogens (tertiary/aromatic N) is 1. The third-order valence-electron chi connectivity index (χ3n) is 4.18. The van der Waals surface area contributed by atoms with Crippen LogP contribution in [-0.2, 0) is 9.59 Å². The van der Waals surface area contributed by atoms with E-state index in [0.29, 0.717) is 25.0 Å². The average molecular weight is 318 g/mol. The maximum Gasteiger partial charge on any atom is 0.225 e. The molecule has 2 fully saturated rings. The van der Waals surface area contributed by atoms with Crippen molar-refractivity contribution in [2.75, 3.05) is 19.6 Å². The Morgan fingerprint density at radius 3 is 2.52 bits per heavy atom. The molecular formula is C15H28ClN3O2. The molecule has 0 spiro atoms. The molecule has 0 radical (unpaired) electrons. The molecule has 0 aliphatic carbocycles. The summed E-state index contributed by atoms with van der Waals surface area (Å²) in [6.45, 7) is 7.74. The van der Waals surface area contributed by atoms with Crippen molar-refractivity contribution in [1.29, 1.82) is 0 Å². The zero-order valence-electron chi connectivity index (χ0n) is 13.3. The summed E-state index contributed by atoms with van der Waals surface area (Å²) in [5, 5.41) is 6.41. The van der Waals surface area contributed by atoms with Crippen LogP contribution in [0.4, 0.5) is 0 Å². The SMILES string of the molecule is CC(C)(C)C(=O)NCCC(=O)N1CCC2CCC(C1)N2.Cl. The Bertz CT molecular complexity index is 382. The van der Waals surface area contributed by atoms with Gasteiger partial charge in [-0.3, -0.25) is 9.59 Å².